The molecule has 0 unspecified atom stereocenters. The van der Waals surface area contributed by atoms with E-state index < -0.39 is 0 Å². The molecule has 6 nitrogen and oxygen atoms in total. The molecule has 1 aromatic carbocycles. The number of hydrogen-bond acceptors (Lipinski definition) is 3. The van der Waals surface area contributed by atoms with Crippen LogP contribution in [0.4, 0.5) is 0 Å². The quantitative estimate of drug-likeness (QED) is 0.741. The van der Waals surface area contributed by atoms with Gasteiger partial charge in [0.1, 0.15) is 0 Å². The van der Waals surface area contributed by atoms with Crippen molar-refractivity contribution < 1.29 is 0 Å². The highest BCUT2D eigenvalue weighted by Crippen LogP contribution is 2.27. The van der Waals surface area contributed by atoms with Crippen LogP contribution < -0.4 is 11.2 Å². The molecule has 0 atom stereocenters. The fourth-order valence-electron chi connectivity index (χ4n) is 3.34. The Morgan fingerprint density at radius 3 is 2.42 bits per heavy atom. The third-order valence-electron chi connectivity index (χ3n) is 4.79. The van der Waals surface area contributed by atoms with Crippen LogP contribution in [-0.4, -0.2) is 18.7 Å². The zero-order chi connectivity index (χ0) is 16.8. The van der Waals surface area contributed by atoms with E-state index >= 15 is 0 Å². The summed E-state index contributed by atoms with van der Waals surface area (Å²) in [5, 5.41) is 4.30. The first kappa shape index (κ1) is 14.9. The first-order valence-electron chi connectivity index (χ1n) is 8.32. The van der Waals surface area contributed by atoms with E-state index in [0.29, 0.717) is 12.5 Å². The number of aromatic nitrogens is 4. The summed E-state index contributed by atoms with van der Waals surface area (Å²) in [6, 6.07) is 5.97. The molecule has 1 saturated carbocycles. The van der Waals surface area contributed by atoms with Gasteiger partial charge in [0.2, 0.25) is 5.65 Å². The summed E-state index contributed by atoms with van der Waals surface area (Å²) in [6.45, 7) is 4.60. The highest BCUT2D eigenvalue weighted by Gasteiger charge is 2.21. The monoisotopic (exact) mass is 324 g/mol. The predicted octanol–water partition coefficient (Wildman–Crippen LogP) is 2.06. The van der Waals surface area contributed by atoms with Gasteiger partial charge in [0, 0.05) is 24.6 Å². The summed E-state index contributed by atoms with van der Waals surface area (Å²) in [6.07, 6.45) is 6.74. The van der Waals surface area contributed by atoms with Crippen molar-refractivity contribution in [3.8, 4) is 5.69 Å². The van der Waals surface area contributed by atoms with Crippen molar-refractivity contribution in [2.24, 2.45) is 5.92 Å². The third-order valence-corrected chi connectivity index (χ3v) is 4.79. The fraction of sp³-hybridized carbons (Fsp3) is 0.389. The van der Waals surface area contributed by atoms with Gasteiger partial charge in [-0.15, -0.1) is 5.10 Å². The number of nitrogens with zero attached hydrogens (tertiary/aromatic N) is 4. The molecule has 1 aliphatic rings. The summed E-state index contributed by atoms with van der Waals surface area (Å²) >= 11 is 0. The van der Waals surface area contributed by atoms with Crippen molar-refractivity contribution in [3.05, 3.63) is 62.6 Å². The minimum absolute atomic E-state index is 0.181. The standard InChI is InChI=1S/C18H20N4O2/c1-12-8-13(2)10-15(9-12)20-6-7-21-16(17(20)23)19-22(18(21)24)11-14-4-3-5-14/h6-10,14H,3-5,11H2,1-2H3. The summed E-state index contributed by atoms with van der Waals surface area (Å²) in [7, 11) is 0. The molecule has 0 radical (unpaired) electrons. The van der Waals surface area contributed by atoms with Gasteiger partial charge >= 0.3 is 11.2 Å². The van der Waals surface area contributed by atoms with Crippen LogP contribution in [0.15, 0.2) is 40.2 Å². The highest BCUT2D eigenvalue weighted by atomic mass is 16.2. The molecule has 0 N–H and O–H groups in total. The van der Waals surface area contributed by atoms with Gasteiger partial charge < -0.3 is 0 Å². The SMILES string of the molecule is Cc1cc(C)cc(-n2ccn3c(=O)n(CC4CCC4)nc3c2=O)c1. The molecular formula is C18H20N4O2. The van der Waals surface area contributed by atoms with Gasteiger partial charge in [0.15, 0.2) is 0 Å². The van der Waals surface area contributed by atoms with Crippen molar-refractivity contribution in [3.63, 3.8) is 0 Å². The van der Waals surface area contributed by atoms with Gasteiger partial charge in [0.05, 0.1) is 0 Å². The highest BCUT2D eigenvalue weighted by molar-refractivity contribution is 5.43. The topological polar surface area (TPSA) is 61.3 Å². The van der Waals surface area contributed by atoms with Crippen molar-refractivity contribution in [2.45, 2.75) is 39.7 Å². The van der Waals surface area contributed by atoms with Crippen molar-refractivity contribution in [1.29, 1.82) is 0 Å². The molecule has 2 aromatic heterocycles. The molecule has 0 spiro atoms. The molecule has 4 rings (SSSR count). The van der Waals surface area contributed by atoms with Crippen LogP contribution >= 0.6 is 0 Å². The van der Waals surface area contributed by atoms with Gasteiger partial charge in [-0.2, -0.15) is 0 Å². The van der Waals surface area contributed by atoms with E-state index in [1.807, 2.05) is 26.0 Å². The maximum Gasteiger partial charge on any atom is 0.350 e. The van der Waals surface area contributed by atoms with Gasteiger partial charge in [-0.3, -0.25) is 9.36 Å². The number of fused-ring (bicyclic) bond motifs is 1. The summed E-state index contributed by atoms with van der Waals surface area (Å²) < 4.78 is 4.34. The number of hydrogen-bond donors (Lipinski definition) is 0. The summed E-state index contributed by atoms with van der Waals surface area (Å²) in [4.78, 5) is 25.2. The molecule has 24 heavy (non-hydrogen) atoms. The molecule has 0 saturated heterocycles. The average Bonchev–Trinajstić information content (AvgIpc) is 2.80. The van der Waals surface area contributed by atoms with E-state index in [0.717, 1.165) is 29.7 Å². The van der Waals surface area contributed by atoms with E-state index in [2.05, 4.69) is 11.2 Å². The van der Waals surface area contributed by atoms with Crippen LogP contribution in [0.5, 0.6) is 0 Å². The Bertz CT molecular complexity index is 1020. The lowest BCUT2D eigenvalue weighted by molar-refractivity contribution is 0.263. The lowest BCUT2D eigenvalue weighted by Gasteiger charge is -2.24. The van der Waals surface area contributed by atoms with Gasteiger partial charge in [-0.05, 0) is 55.9 Å². The van der Waals surface area contributed by atoms with Gasteiger partial charge in [0.25, 0.3) is 0 Å². The number of rotatable bonds is 3. The van der Waals surface area contributed by atoms with Gasteiger partial charge in [-0.1, -0.05) is 12.5 Å². The zero-order valence-corrected chi connectivity index (χ0v) is 13.9. The van der Waals surface area contributed by atoms with Crippen LogP contribution in [-0.2, 0) is 6.54 Å². The normalized spacial score (nSPS) is 14.9. The minimum atomic E-state index is -0.271. The molecule has 0 bridgehead atoms. The van der Waals surface area contributed by atoms with E-state index in [9.17, 15) is 9.59 Å². The predicted molar refractivity (Wildman–Crippen MR) is 91.9 cm³/mol. The Morgan fingerprint density at radius 2 is 1.79 bits per heavy atom. The molecule has 3 aromatic rings. The minimum Gasteiger partial charge on any atom is -0.280 e. The Morgan fingerprint density at radius 1 is 1.08 bits per heavy atom. The van der Waals surface area contributed by atoms with Crippen LogP contribution in [0.25, 0.3) is 11.3 Å². The van der Waals surface area contributed by atoms with E-state index in [1.54, 1.807) is 17.0 Å². The van der Waals surface area contributed by atoms with E-state index in [1.165, 1.54) is 15.5 Å². The average molecular weight is 324 g/mol. The molecule has 2 heterocycles. The summed E-state index contributed by atoms with van der Waals surface area (Å²) in [5.74, 6) is 0.509. The first-order chi connectivity index (χ1) is 11.5. The molecule has 1 fully saturated rings. The third kappa shape index (κ3) is 2.38. The van der Waals surface area contributed by atoms with Crippen molar-refractivity contribution in [2.75, 3.05) is 0 Å². The summed E-state index contributed by atoms with van der Waals surface area (Å²) in [5.41, 5.74) is 2.64. The van der Waals surface area contributed by atoms with Gasteiger partial charge in [-0.25, -0.2) is 13.9 Å². The number of aryl methyl sites for hydroxylation is 2. The van der Waals surface area contributed by atoms with E-state index in [-0.39, 0.29) is 16.9 Å². The molecule has 0 amide bonds. The zero-order valence-electron chi connectivity index (χ0n) is 13.9. The molecule has 124 valence electrons. The molecular weight excluding hydrogens is 304 g/mol. The smallest absolute Gasteiger partial charge is 0.280 e. The van der Waals surface area contributed by atoms with Crippen molar-refractivity contribution in [1.82, 2.24) is 18.7 Å². The van der Waals surface area contributed by atoms with Crippen LogP contribution in [0.2, 0.25) is 0 Å². The largest absolute Gasteiger partial charge is 0.350 e. The van der Waals surface area contributed by atoms with Crippen LogP contribution in [0.3, 0.4) is 0 Å². The Kier molecular flexibility index (Phi) is 3.40. The Balaban J connectivity index is 1.85. The molecule has 6 heteroatoms. The number of benzene rings is 1. The molecule has 0 aliphatic heterocycles. The molecule has 1 aliphatic carbocycles. The van der Waals surface area contributed by atoms with Crippen LogP contribution in [0.1, 0.15) is 30.4 Å². The van der Waals surface area contributed by atoms with Crippen molar-refractivity contribution >= 4 is 5.65 Å². The fourth-order valence-corrected chi connectivity index (χ4v) is 3.34. The van der Waals surface area contributed by atoms with E-state index in [4.69, 9.17) is 0 Å². The first-order valence-corrected chi connectivity index (χ1v) is 8.32. The second-order valence-corrected chi connectivity index (χ2v) is 6.77. The maximum absolute atomic E-state index is 12.8. The Hall–Kier alpha value is -2.63. The van der Waals surface area contributed by atoms with Crippen LogP contribution in [0, 0.1) is 19.8 Å². The maximum atomic E-state index is 12.8. The lowest BCUT2D eigenvalue weighted by atomic mass is 9.86. The lowest BCUT2D eigenvalue weighted by Crippen LogP contribution is -2.28. The second kappa shape index (κ2) is 5.47. The second-order valence-electron chi connectivity index (χ2n) is 6.77. The Labute approximate surface area is 139 Å².